The number of carbonyl (C=O) groups is 1. The highest BCUT2D eigenvalue weighted by molar-refractivity contribution is 9.10. The molecule has 3 N–H and O–H groups in total. The van der Waals surface area contributed by atoms with Gasteiger partial charge < -0.3 is 4.98 Å². The molecule has 128 valence electrons. The van der Waals surface area contributed by atoms with Gasteiger partial charge in [-0.25, -0.2) is 14.0 Å². The Morgan fingerprint density at radius 3 is 3.08 bits per heavy atom. The van der Waals surface area contributed by atoms with Crippen LogP contribution in [0.25, 0.3) is 0 Å². The van der Waals surface area contributed by atoms with Crippen LogP contribution in [0.3, 0.4) is 0 Å². The molecule has 0 radical (unpaired) electrons. The molecule has 0 aliphatic rings. The number of hydrogen-bond donors (Lipinski definition) is 3. The predicted molar refractivity (Wildman–Crippen MR) is 87.2 cm³/mol. The first kappa shape index (κ1) is 16.6. The second kappa shape index (κ2) is 7.53. The molecule has 0 saturated carbocycles. The minimum Gasteiger partial charge on any atom is -0.341 e. The molecule has 0 aliphatic heterocycles. The van der Waals surface area contributed by atoms with Gasteiger partial charge in [-0.15, -0.1) is 0 Å². The van der Waals surface area contributed by atoms with Crippen molar-refractivity contribution in [1.82, 2.24) is 20.3 Å². The number of oxime groups is 1. The Bertz CT molecular complexity index is 897. The molecule has 0 bridgehead atoms. The molecule has 10 nitrogen and oxygen atoms in total. The second-order valence-electron chi connectivity index (χ2n) is 4.45. The fourth-order valence-electron chi connectivity index (χ4n) is 1.64. The van der Waals surface area contributed by atoms with Crippen LogP contribution in [-0.4, -0.2) is 32.4 Å². The SMILES string of the molecule is O=C(Nc1nonc1/C=N/ONc1ccc(F)c(Br)c1)c1ncc[nH]1. The van der Waals surface area contributed by atoms with E-state index in [0.717, 1.165) is 0 Å². The number of carbonyl (C=O) groups excluding carboxylic acids is 1. The lowest BCUT2D eigenvalue weighted by Gasteiger charge is -2.03. The zero-order valence-electron chi connectivity index (χ0n) is 12.2. The number of imidazole rings is 1. The molecule has 0 fully saturated rings. The Hall–Kier alpha value is -3.28. The molecular formula is C13H9BrFN7O3. The molecule has 0 unspecified atom stereocenters. The number of aromatic nitrogens is 4. The van der Waals surface area contributed by atoms with E-state index in [9.17, 15) is 9.18 Å². The van der Waals surface area contributed by atoms with E-state index >= 15 is 0 Å². The molecule has 25 heavy (non-hydrogen) atoms. The van der Waals surface area contributed by atoms with Gasteiger partial charge in [0.05, 0.1) is 10.2 Å². The van der Waals surface area contributed by atoms with Gasteiger partial charge >= 0.3 is 0 Å². The Kier molecular flexibility index (Phi) is 4.99. The number of H-pyrrole nitrogens is 1. The van der Waals surface area contributed by atoms with Gasteiger partial charge in [-0.05, 0) is 44.4 Å². The van der Waals surface area contributed by atoms with E-state index in [-0.39, 0.29) is 21.8 Å². The number of nitrogens with one attached hydrogen (secondary N) is 3. The highest BCUT2D eigenvalue weighted by Gasteiger charge is 2.14. The Labute approximate surface area is 147 Å². The summed E-state index contributed by atoms with van der Waals surface area (Å²) in [7, 11) is 0. The van der Waals surface area contributed by atoms with Crippen LogP contribution in [0.5, 0.6) is 0 Å². The molecule has 12 heteroatoms. The maximum atomic E-state index is 13.1. The number of hydrogen-bond acceptors (Lipinski definition) is 8. The third-order valence-electron chi connectivity index (χ3n) is 2.77. The molecule has 0 spiro atoms. The van der Waals surface area contributed by atoms with E-state index in [0.29, 0.717) is 5.69 Å². The number of nitrogens with zero attached hydrogens (tertiary/aromatic N) is 4. The quantitative estimate of drug-likeness (QED) is 0.420. The molecule has 2 aromatic heterocycles. The summed E-state index contributed by atoms with van der Waals surface area (Å²) < 4.78 is 17.9. The van der Waals surface area contributed by atoms with Crippen LogP contribution < -0.4 is 10.8 Å². The average Bonchev–Trinajstić information content (AvgIpc) is 3.27. The Morgan fingerprint density at radius 2 is 2.32 bits per heavy atom. The normalized spacial score (nSPS) is 10.8. The lowest BCUT2D eigenvalue weighted by Crippen LogP contribution is -2.15. The Morgan fingerprint density at radius 1 is 1.44 bits per heavy atom. The van der Waals surface area contributed by atoms with Gasteiger partial charge in [0.2, 0.25) is 5.82 Å². The third-order valence-corrected chi connectivity index (χ3v) is 3.38. The van der Waals surface area contributed by atoms with Crippen molar-refractivity contribution < 1.29 is 18.8 Å². The summed E-state index contributed by atoms with van der Waals surface area (Å²) in [6.45, 7) is 0. The van der Waals surface area contributed by atoms with Crippen molar-refractivity contribution in [2.45, 2.75) is 0 Å². The first-order chi connectivity index (χ1) is 12.1. The smallest absolute Gasteiger partial charge is 0.292 e. The van der Waals surface area contributed by atoms with Crippen LogP contribution in [0, 0.1) is 5.82 Å². The molecule has 0 saturated heterocycles. The lowest BCUT2D eigenvalue weighted by atomic mass is 10.3. The molecule has 2 heterocycles. The number of amides is 1. The summed E-state index contributed by atoms with van der Waals surface area (Å²) in [6.07, 6.45) is 4.11. The van der Waals surface area contributed by atoms with Crippen molar-refractivity contribution in [2.24, 2.45) is 5.16 Å². The third kappa shape index (κ3) is 4.17. The van der Waals surface area contributed by atoms with E-state index in [1.165, 1.54) is 36.8 Å². The van der Waals surface area contributed by atoms with Crippen LogP contribution in [0.15, 0.2) is 44.9 Å². The molecule has 0 aliphatic carbocycles. The average molecular weight is 410 g/mol. The minimum absolute atomic E-state index is 0.0401. The molecule has 1 amide bonds. The minimum atomic E-state index is -0.523. The molecule has 0 atom stereocenters. The molecule has 1 aromatic carbocycles. The topological polar surface area (TPSA) is 130 Å². The summed E-state index contributed by atoms with van der Waals surface area (Å²) in [5.41, 5.74) is 3.08. The summed E-state index contributed by atoms with van der Waals surface area (Å²) in [4.78, 5) is 23.2. The first-order valence-electron chi connectivity index (χ1n) is 6.67. The number of halogens is 2. The van der Waals surface area contributed by atoms with Crippen molar-refractivity contribution in [3.8, 4) is 0 Å². The van der Waals surface area contributed by atoms with Gasteiger partial charge in [-0.3, -0.25) is 15.0 Å². The largest absolute Gasteiger partial charge is 0.341 e. The van der Waals surface area contributed by atoms with Gasteiger partial charge in [0.15, 0.2) is 11.5 Å². The number of benzene rings is 1. The fourth-order valence-corrected chi connectivity index (χ4v) is 2.02. The molecular weight excluding hydrogens is 401 g/mol. The van der Waals surface area contributed by atoms with Crippen LogP contribution in [0.2, 0.25) is 0 Å². The maximum Gasteiger partial charge on any atom is 0.292 e. The van der Waals surface area contributed by atoms with Gasteiger partial charge in [0, 0.05) is 12.4 Å². The monoisotopic (exact) mass is 409 g/mol. The highest BCUT2D eigenvalue weighted by Crippen LogP contribution is 2.19. The zero-order chi connectivity index (χ0) is 17.6. The maximum absolute atomic E-state index is 13.1. The summed E-state index contributed by atoms with van der Waals surface area (Å²) in [5.74, 6) is -0.783. The van der Waals surface area contributed by atoms with Crippen molar-refractivity contribution in [3.63, 3.8) is 0 Å². The first-order valence-corrected chi connectivity index (χ1v) is 7.46. The van der Waals surface area contributed by atoms with Gasteiger partial charge in [-0.1, -0.05) is 5.16 Å². The molecule has 3 rings (SSSR count). The van der Waals surface area contributed by atoms with E-state index in [1.807, 2.05) is 0 Å². The standard InChI is InChI=1S/C13H9BrFN7O3/c14-8-5-7(1-2-9(8)15)20-24-18-6-10-11(22-25-21-10)19-13(23)12-16-3-4-17-12/h1-6,20H,(H,16,17)(H,19,22,23)/b18-6+. The van der Waals surface area contributed by atoms with E-state index in [4.69, 9.17) is 4.94 Å². The Balaban J connectivity index is 1.58. The van der Waals surface area contributed by atoms with Crippen molar-refractivity contribution in [2.75, 3.05) is 10.8 Å². The van der Waals surface area contributed by atoms with E-state index in [1.54, 1.807) is 0 Å². The highest BCUT2D eigenvalue weighted by atomic mass is 79.9. The predicted octanol–water partition coefficient (Wildman–Crippen LogP) is 2.32. The van der Waals surface area contributed by atoms with Crippen molar-refractivity contribution in [3.05, 3.63) is 52.4 Å². The second-order valence-corrected chi connectivity index (χ2v) is 5.30. The van der Waals surface area contributed by atoms with Crippen LogP contribution in [-0.2, 0) is 4.94 Å². The fraction of sp³-hybridized carbons (Fsp3) is 0. The summed E-state index contributed by atoms with van der Waals surface area (Å²) >= 11 is 3.05. The van der Waals surface area contributed by atoms with Crippen LogP contribution in [0.1, 0.15) is 16.3 Å². The van der Waals surface area contributed by atoms with E-state index < -0.39 is 11.7 Å². The number of aromatic amines is 1. The van der Waals surface area contributed by atoms with Crippen molar-refractivity contribution in [1.29, 1.82) is 0 Å². The van der Waals surface area contributed by atoms with Gasteiger partial charge in [-0.2, -0.15) is 5.48 Å². The summed E-state index contributed by atoms with van der Waals surface area (Å²) in [6, 6.07) is 4.18. The van der Waals surface area contributed by atoms with Gasteiger partial charge in [0.1, 0.15) is 12.0 Å². The number of anilines is 2. The number of rotatable bonds is 6. The van der Waals surface area contributed by atoms with E-state index in [2.05, 4.69) is 56.8 Å². The van der Waals surface area contributed by atoms with Crippen LogP contribution >= 0.6 is 15.9 Å². The van der Waals surface area contributed by atoms with Gasteiger partial charge in [0.25, 0.3) is 5.91 Å². The summed E-state index contributed by atoms with van der Waals surface area (Å²) in [5, 5.41) is 13.2. The molecule has 3 aromatic rings. The van der Waals surface area contributed by atoms with Crippen molar-refractivity contribution >= 4 is 39.6 Å². The van der Waals surface area contributed by atoms with Crippen LogP contribution in [0.4, 0.5) is 15.9 Å². The zero-order valence-corrected chi connectivity index (χ0v) is 13.8. The lowest BCUT2D eigenvalue weighted by molar-refractivity contribution is 0.101.